The maximum Gasteiger partial charge on any atom is 0.309 e. The van der Waals surface area contributed by atoms with Crippen LogP contribution >= 0.6 is 0 Å². The summed E-state index contributed by atoms with van der Waals surface area (Å²) in [5.74, 6) is -0.984. The lowest BCUT2D eigenvalue weighted by atomic mass is 9.95. The quantitative estimate of drug-likeness (QED) is 0.527. The molecule has 0 bridgehead atoms. The van der Waals surface area contributed by atoms with Gasteiger partial charge in [0.15, 0.2) is 0 Å². The Morgan fingerprint density at radius 3 is 2.39 bits per heavy atom. The summed E-state index contributed by atoms with van der Waals surface area (Å²) in [5, 5.41) is 5.94. The highest BCUT2D eigenvalue weighted by Gasteiger charge is 2.27. The van der Waals surface area contributed by atoms with Gasteiger partial charge < -0.3 is 20.4 Å². The van der Waals surface area contributed by atoms with Gasteiger partial charge in [0.1, 0.15) is 0 Å². The van der Waals surface area contributed by atoms with Crippen molar-refractivity contribution in [1.29, 1.82) is 0 Å². The Labute approximate surface area is 198 Å². The predicted octanol–water partition coefficient (Wildman–Crippen LogP) is 2.31. The lowest BCUT2D eigenvalue weighted by molar-refractivity contribution is -0.139. The summed E-state index contributed by atoms with van der Waals surface area (Å²) in [6, 6.07) is 6.98. The van der Waals surface area contributed by atoms with Gasteiger partial charge in [0.25, 0.3) is 0 Å². The van der Waals surface area contributed by atoms with E-state index < -0.39 is 11.8 Å². The van der Waals surface area contributed by atoms with Crippen LogP contribution in [0.2, 0.25) is 0 Å². The molecule has 182 valence electrons. The monoisotopic (exact) mass is 455 g/mol. The van der Waals surface area contributed by atoms with Gasteiger partial charge in [-0.15, -0.1) is 0 Å². The van der Waals surface area contributed by atoms with Crippen LogP contribution in [0.4, 0.5) is 5.69 Å². The van der Waals surface area contributed by atoms with E-state index in [2.05, 4.69) is 57.6 Å². The van der Waals surface area contributed by atoms with E-state index in [0.29, 0.717) is 6.54 Å². The van der Waals surface area contributed by atoms with Gasteiger partial charge in [0.05, 0.1) is 6.04 Å². The predicted molar refractivity (Wildman–Crippen MR) is 132 cm³/mol. The summed E-state index contributed by atoms with van der Waals surface area (Å²) >= 11 is 0. The molecule has 33 heavy (non-hydrogen) atoms. The molecule has 1 saturated heterocycles. The second-order valence-corrected chi connectivity index (χ2v) is 10.1. The van der Waals surface area contributed by atoms with Gasteiger partial charge in [-0.1, -0.05) is 37.8 Å². The van der Waals surface area contributed by atoms with Crippen LogP contribution in [0, 0.1) is 0 Å². The van der Waals surface area contributed by atoms with E-state index in [0.717, 1.165) is 64.8 Å². The summed E-state index contributed by atoms with van der Waals surface area (Å²) in [6.07, 6.45) is 8.93. The molecule has 0 radical (unpaired) electrons. The number of hydrogen-bond acceptors (Lipinski definition) is 5. The van der Waals surface area contributed by atoms with E-state index in [1.54, 1.807) is 0 Å². The Hall–Kier alpha value is -2.12. The largest absolute Gasteiger partial charge is 0.374 e. The molecule has 2 N–H and O–H groups in total. The Balaban J connectivity index is 1.43. The Morgan fingerprint density at radius 2 is 1.67 bits per heavy atom. The topological polar surface area (TPSA) is 67.9 Å². The number of aryl methyl sites for hydroxylation is 1. The molecule has 4 rings (SSSR count). The number of anilines is 1. The number of likely N-dealkylation sites (N-methyl/N-ethyl adjacent to an activating group) is 1. The van der Waals surface area contributed by atoms with Crippen LogP contribution in [0.15, 0.2) is 18.2 Å². The summed E-state index contributed by atoms with van der Waals surface area (Å²) in [4.78, 5) is 32.4. The summed E-state index contributed by atoms with van der Waals surface area (Å²) in [5.41, 5.74) is 3.94. The van der Waals surface area contributed by atoms with E-state index in [-0.39, 0.29) is 12.1 Å². The molecule has 2 aliphatic heterocycles. The third-order valence-corrected chi connectivity index (χ3v) is 7.67. The lowest BCUT2D eigenvalue weighted by Crippen LogP contribution is -2.50. The van der Waals surface area contributed by atoms with Crippen molar-refractivity contribution in [3.8, 4) is 0 Å². The van der Waals surface area contributed by atoms with Crippen molar-refractivity contribution in [3.05, 3.63) is 29.3 Å². The number of piperazine rings is 1. The molecular formula is C26H41N5O2. The normalized spacial score (nSPS) is 21.7. The van der Waals surface area contributed by atoms with Gasteiger partial charge in [0.2, 0.25) is 0 Å². The van der Waals surface area contributed by atoms with E-state index in [9.17, 15) is 9.59 Å². The van der Waals surface area contributed by atoms with Crippen molar-refractivity contribution in [1.82, 2.24) is 20.4 Å². The number of rotatable bonds is 5. The van der Waals surface area contributed by atoms with Crippen LogP contribution in [-0.2, 0) is 16.0 Å². The maximum absolute atomic E-state index is 12.7. The van der Waals surface area contributed by atoms with Crippen molar-refractivity contribution in [3.63, 3.8) is 0 Å². The maximum atomic E-state index is 12.7. The standard InChI is InChI=1S/C26H41N5O2/c1-29-14-16-31(17-15-29)24(21-11-12-23-20(18-21)8-7-13-30(23)2)19-27-25(32)26(33)28-22-9-5-3-4-6-10-22/h11-12,18,22,24H,3-10,13-17,19H2,1-2H3,(H,27,32)(H,28,33)/t24-/m1/s1. The van der Waals surface area contributed by atoms with Crippen molar-refractivity contribution < 1.29 is 9.59 Å². The molecule has 7 nitrogen and oxygen atoms in total. The smallest absolute Gasteiger partial charge is 0.309 e. The van der Waals surface area contributed by atoms with Gasteiger partial charge in [-0.05, 0) is 49.9 Å². The molecule has 1 aliphatic carbocycles. The number of fused-ring (bicyclic) bond motifs is 1. The molecule has 0 spiro atoms. The van der Waals surface area contributed by atoms with Crippen molar-refractivity contribution in [2.24, 2.45) is 0 Å². The lowest BCUT2D eigenvalue weighted by Gasteiger charge is -2.39. The third-order valence-electron chi connectivity index (χ3n) is 7.67. The number of amides is 2. The number of carbonyl (C=O) groups is 2. The SMILES string of the molecule is CN1CCN([C@H](CNC(=O)C(=O)NC2CCCCCC2)c2ccc3c(c2)CCCN3C)CC1. The van der Waals surface area contributed by atoms with Gasteiger partial charge in [-0.25, -0.2) is 0 Å². The second-order valence-electron chi connectivity index (χ2n) is 10.1. The highest BCUT2D eigenvalue weighted by Crippen LogP contribution is 2.31. The summed E-state index contributed by atoms with van der Waals surface area (Å²) < 4.78 is 0. The Morgan fingerprint density at radius 1 is 0.939 bits per heavy atom. The molecule has 1 atom stereocenters. The first-order valence-electron chi connectivity index (χ1n) is 12.9. The fourth-order valence-electron chi connectivity index (χ4n) is 5.55. The van der Waals surface area contributed by atoms with Gasteiger partial charge >= 0.3 is 11.8 Å². The van der Waals surface area contributed by atoms with Gasteiger partial charge in [0, 0.05) is 58.0 Å². The van der Waals surface area contributed by atoms with Crippen LogP contribution < -0.4 is 15.5 Å². The third kappa shape index (κ3) is 6.27. The molecule has 1 aromatic carbocycles. The van der Waals surface area contributed by atoms with Crippen molar-refractivity contribution in [2.45, 2.75) is 63.5 Å². The number of carbonyl (C=O) groups excluding carboxylic acids is 2. The van der Waals surface area contributed by atoms with Crippen LogP contribution in [0.25, 0.3) is 0 Å². The Kier molecular flexibility index (Phi) is 8.25. The number of nitrogens with zero attached hydrogens (tertiary/aromatic N) is 3. The van der Waals surface area contributed by atoms with Crippen LogP contribution in [0.5, 0.6) is 0 Å². The fourth-order valence-corrected chi connectivity index (χ4v) is 5.55. The first kappa shape index (κ1) is 24.0. The summed E-state index contributed by atoms with van der Waals surface area (Å²) in [6.45, 7) is 5.50. The molecule has 2 heterocycles. The van der Waals surface area contributed by atoms with Crippen molar-refractivity contribution in [2.75, 3.05) is 58.3 Å². The average molecular weight is 456 g/mol. The zero-order valence-electron chi connectivity index (χ0n) is 20.4. The molecule has 2 amide bonds. The second kappa shape index (κ2) is 11.3. The average Bonchev–Trinajstić information content (AvgIpc) is 3.09. The van der Waals surface area contributed by atoms with Crippen molar-refractivity contribution >= 4 is 17.5 Å². The van der Waals surface area contributed by atoms with Gasteiger partial charge in [-0.2, -0.15) is 0 Å². The first-order valence-corrected chi connectivity index (χ1v) is 12.9. The highest BCUT2D eigenvalue weighted by molar-refractivity contribution is 6.35. The molecule has 7 heteroatoms. The minimum absolute atomic E-state index is 0.0749. The molecule has 1 aromatic rings. The highest BCUT2D eigenvalue weighted by atomic mass is 16.2. The Bertz CT molecular complexity index is 813. The molecule has 2 fully saturated rings. The van der Waals surface area contributed by atoms with E-state index in [1.807, 2.05) is 0 Å². The van der Waals surface area contributed by atoms with E-state index in [1.165, 1.54) is 36.1 Å². The van der Waals surface area contributed by atoms with Crippen LogP contribution in [0.1, 0.15) is 62.1 Å². The van der Waals surface area contributed by atoms with Crippen LogP contribution in [-0.4, -0.2) is 81.0 Å². The van der Waals surface area contributed by atoms with Gasteiger partial charge in [-0.3, -0.25) is 14.5 Å². The molecule has 0 unspecified atom stereocenters. The summed E-state index contributed by atoms with van der Waals surface area (Å²) in [7, 11) is 4.31. The minimum atomic E-state index is -0.504. The molecule has 3 aliphatic rings. The number of nitrogens with one attached hydrogen (secondary N) is 2. The van der Waals surface area contributed by atoms with E-state index in [4.69, 9.17) is 0 Å². The zero-order valence-corrected chi connectivity index (χ0v) is 20.4. The number of benzene rings is 1. The minimum Gasteiger partial charge on any atom is -0.374 e. The first-order chi connectivity index (χ1) is 16.0. The zero-order chi connectivity index (χ0) is 23.2. The fraction of sp³-hybridized carbons (Fsp3) is 0.692. The van der Waals surface area contributed by atoms with Crippen LogP contribution in [0.3, 0.4) is 0 Å². The molecule has 0 aromatic heterocycles. The molecule has 1 saturated carbocycles. The molecular weight excluding hydrogens is 414 g/mol. The van der Waals surface area contributed by atoms with E-state index >= 15 is 0 Å². The number of hydrogen-bond donors (Lipinski definition) is 2.